The van der Waals surface area contributed by atoms with Crippen LogP contribution < -0.4 is 5.73 Å². The lowest BCUT2D eigenvalue weighted by Crippen LogP contribution is -2.47. The number of piperidine rings is 1. The molecule has 31 heavy (non-hydrogen) atoms. The second-order valence-electron chi connectivity index (χ2n) is 7.50. The number of rotatable bonds is 8. The molecule has 0 unspecified atom stereocenters. The minimum atomic E-state index is -1.49. The van der Waals surface area contributed by atoms with Gasteiger partial charge >= 0.3 is 5.97 Å². The first-order chi connectivity index (χ1) is 15.0. The summed E-state index contributed by atoms with van der Waals surface area (Å²) in [6.45, 7) is 2.39. The van der Waals surface area contributed by atoms with E-state index in [-0.39, 0.29) is 25.0 Å². The van der Waals surface area contributed by atoms with Crippen molar-refractivity contribution < 1.29 is 23.9 Å². The summed E-state index contributed by atoms with van der Waals surface area (Å²) < 4.78 is 11.5. The first-order valence-corrected chi connectivity index (χ1v) is 10.5. The first kappa shape index (κ1) is 22.5. The van der Waals surface area contributed by atoms with Crippen molar-refractivity contribution in [1.82, 2.24) is 4.90 Å². The second-order valence-corrected chi connectivity index (χ2v) is 7.50. The Bertz CT molecular complexity index is 861. The molecule has 0 bridgehead atoms. The SMILES string of the molecule is CCOC(C(=O)OCC(=O)N1CCC[C@H](C(N)=O)C1)(c1ccccc1)c1ccccc1. The molecule has 2 amide bonds. The number of carbonyl (C=O) groups is 3. The third-order valence-electron chi connectivity index (χ3n) is 5.51. The van der Waals surface area contributed by atoms with Gasteiger partial charge in [-0.1, -0.05) is 60.7 Å². The summed E-state index contributed by atoms with van der Waals surface area (Å²) in [5.41, 5.74) is 5.14. The molecule has 1 fully saturated rings. The van der Waals surface area contributed by atoms with Crippen LogP contribution in [0, 0.1) is 5.92 Å². The maximum atomic E-state index is 13.4. The lowest BCUT2D eigenvalue weighted by atomic mass is 9.86. The summed E-state index contributed by atoms with van der Waals surface area (Å²) in [7, 11) is 0. The summed E-state index contributed by atoms with van der Waals surface area (Å²) in [5, 5.41) is 0. The zero-order valence-corrected chi connectivity index (χ0v) is 17.7. The summed E-state index contributed by atoms with van der Waals surface area (Å²) >= 11 is 0. The van der Waals surface area contributed by atoms with E-state index in [1.807, 2.05) is 36.4 Å². The summed E-state index contributed by atoms with van der Waals surface area (Å²) in [5.74, 6) is -1.81. The highest BCUT2D eigenvalue weighted by Gasteiger charge is 2.45. The second kappa shape index (κ2) is 10.2. The van der Waals surface area contributed by atoms with Gasteiger partial charge in [-0.2, -0.15) is 0 Å². The Balaban J connectivity index is 1.82. The van der Waals surface area contributed by atoms with E-state index in [1.165, 1.54) is 4.90 Å². The van der Waals surface area contributed by atoms with Crippen LogP contribution in [-0.2, 0) is 29.5 Å². The molecule has 7 nitrogen and oxygen atoms in total. The van der Waals surface area contributed by atoms with Crippen LogP contribution in [0.25, 0.3) is 0 Å². The van der Waals surface area contributed by atoms with Gasteiger partial charge < -0.3 is 20.1 Å². The van der Waals surface area contributed by atoms with Gasteiger partial charge in [0.2, 0.25) is 11.5 Å². The van der Waals surface area contributed by atoms with E-state index in [1.54, 1.807) is 31.2 Å². The van der Waals surface area contributed by atoms with E-state index in [0.717, 1.165) is 0 Å². The van der Waals surface area contributed by atoms with Gasteiger partial charge in [0.25, 0.3) is 5.91 Å². The lowest BCUT2D eigenvalue weighted by molar-refractivity contribution is -0.172. The van der Waals surface area contributed by atoms with Crippen molar-refractivity contribution in [3.8, 4) is 0 Å². The highest BCUT2D eigenvalue weighted by Crippen LogP contribution is 2.35. The number of primary amides is 1. The molecule has 164 valence electrons. The summed E-state index contributed by atoms with van der Waals surface area (Å²) in [6, 6.07) is 18.2. The van der Waals surface area contributed by atoms with Crippen molar-refractivity contribution in [2.45, 2.75) is 25.4 Å². The lowest BCUT2D eigenvalue weighted by Gasteiger charge is -2.33. The molecule has 2 aromatic carbocycles. The van der Waals surface area contributed by atoms with E-state index in [9.17, 15) is 14.4 Å². The number of carbonyl (C=O) groups excluding carboxylic acids is 3. The molecule has 3 rings (SSSR count). The van der Waals surface area contributed by atoms with Gasteiger partial charge in [0.1, 0.15) is 0 Å². The number of ether oxygens (including phenoxy) is 2. The number of nitrogens with zero attached hydrogens (tertiary/aromatic N) is 1. The third-order valence-corrected chi connectivity index (χ3v) is 5.51. The fourth-order valence-corrected chi connectivity index (χ4v) is 3.95. The Hall–Kier alpha value is -3.19. The highest BCUT2D eigenvalue weighted by molar-refractivity contribution is 5.88. The minimum absolute atomic E-state index is 0.250. The average Bonchev–Trinajstić information content (AvgIpc) is 2.82. The van der Waals surface area contributed by atoms with E-state index in [4.69, 9.17) is 15.2 Å². The van der Waals surface area contributed by atoms with E-state index in [2.05, 4.69) is 0 Å². The fourth-order valence-electron chi connectivity index (χ4n) is 3.95. The normalized spacial score (nSPS) is 16.5. The maximum absolute atomic E-state index is 13.4. The number of hydrogen-bond acceptors (Lipinski definition) is 5. The number of likely N-dealkylation sites (tertiary alicyclic amines) is 1. The predicted molar refractivity (Wildman–Crippen MR) is 115 cm³/mol. The van der Waals surface area contributed by atoms with Crippen LogP contribution in [0.1, 0.15) is 30.9 Å². The van der Waals surface area contributed by atoms with Gasteiger partial charge in [-0.05, 0) is 30.9 Å². The van der Waals surface area contributed by atoms with Crippen LogP contribution in [0.2, 0.25) is 0 Å². The third kappa shape index (κ3) is 4.94. The topological polar surface area (TPSA) is 98.9 Å². The molecule has 1 aliphatic heterocycles. The van der Waals surface area contributed by atoms with E-state index >= 15 is 0 Å². The van der Waals surface area contributed by atoms with Crippen molar-refractivity contribution >= 4 is 17.8 Å². The molecular formula is C24H28N2O5. The number of nitrogens with two attached hydrogens (primary N) is 1. The predicted octanol–water partition coefficient (Wildman–Crippen LogP) is 2.23. The summed E-state index contributed by atoms with van der Waals surface area (Å²) in [4.78, 5) is 39.1. The van der Waals surface area contributed by atoms with Gasteiger partial charge in [-0.15, -0.1) is 0 Å². The van der Waals surface area contributed by atoms with E-state index in [0.29, 0.717) is 30.5 Å². The van der Waals surface area contributed by atoms with Crippen LogP contribution in [0.15, 0.2) is 60.7 Å². The Morgan fingerprint density at radius 3 is 2.13 bits per heavy atom. The highest BCUT2D eigenvalue weighted by atomic mass is 16.6. The monoisotopic (exact) mass is 424 g/mol. The Morgan fingerprint density at radius 1 is 1.03 bits per heavy atom. The molecule has 1 saturated heterocycles. The van der Waals surface area contributed by atoms with Crippen molar-refractivity contribution in [2.24, 2.45) is 11.7 Å². The Labute approximate surface area is 182 Å². The largest absolute Gasteiger partial charge is 0.453 e. The minimum Gasteiger partial charge on any atom is -0.453 e. The molecule has 2 N–H and O–H groups in total. The number of hydrogen-bond donors (Lipinski definition) is 1. The van der Waals surface area contributed by atoms with Gasteiger partial charge in [0.05, 0.1) is 5.92 Å². The summed E-state index contributed by atoms with van der Waals surface area (Å²) in [6.07, 6.45) is 1.35. The van der Waals surface area contributed by atoms with Crippen molar-refractivity contribution in [1.29, 1.82) is 0 Å². The van der Waals surface area contributed by atoms with Crippen molar-refractivity contribution in [3.63, 3.8) is 0 Å². The number of esters is 1. The zero-order chi connectivity index (χ0) is 22.3. The van der Waals surface area contributed by atoms with Crippen LogP contribution in [-0.4, -0.2) is 49.0 Å². The van der Waals surface area contributed by atoms with Gasteiger partial charge in [0, 0.05) is 19.7 Å². The van der Waals surface area contributed by atoms with Gasteiger partial charge in [0.15, 0.2) is 6.61 Å². The van der Waals surface area contributed by atoms with Gasteiger partial charge in [-0.3, -0.25) is 9.59 Å². The van der Waals surface area contributed by atoms with Crippen LogP contribution in [0.4, 0.5) is 0 Å². The first-order valence-electron chi connectivity index (χ1n) is 10.5. The molecular weight excluding hydrogens is 396 g/mol. The molecule has 0 aliphatic carbocycles. The molecule has 0 saturated carbocycles. The van der Waals surface area contributed by atoms with Crippen molar-refractivity contribution in [2.75, 3.05) is 26.3 Å². The molecule has 1 atom stereocenters. The molecule has 0 spiro atoms. The standard InChI is InChI=1S/C24H28N2O5/c1-2-31-24(19-11-5-3-6-12-19,20-13-7-4-8-14-20)23(29)30-17-21(27)26-15-9-10-18(16-26)22(25)28/h3-8,11-14,18H,2,9-10,15-17H2,1H3,(H2,25,28)/t18-/m0/s1. The van der Waals surface area contributed by atoms with Crippen LogP contribution in [0.5, 0.6) is 0 Å². The molecule has 0 radical (unpaired) electrons. The zero-order valence-electron chi connectivity index (χ0n) is 17.7. The molecule has 0 aromatic heterocycles. The fraction of sp³-hybridized carbons (Fsp3) is 0.375. The Morgan fingerprint density at radius 2 is 1.61 bits per heavy atom. The molecule has 1 aliphatic rings. The number of benzene rings is 2. The van der Waals surface area contributed by atoms with Crippen LogP contribution in [0.3, 0.4) is 0 Å². The molecule has 1 heterocycles. The number of amides is 2. The quantitative estimate of drug-likeness (QED) is 0.655. The molecule has 2 aromatic rings. The maximum Gasteiger partial charge on any atom is 0.348 e. The van der Waals surface area contributed by atoms with Gasteiger partial charge in [-0.25, -0.2) is 4.79 Å². The van der Waals surface area contributed by atoms with Crippen molar-refractivity contribution in [3.05, 3.63) is 71.8 Å². The molecule has 7 heteroatoms. The van der Waals surface area contributed by atoms with E-state index < -0.39 is 24.1 Å². The van der Waals surface area contributed by atoms with Crippen LogP contribution >= 0.6 is 0 Å². The average molecular weight is 424 g/mol. The smallest absolute Gasteiger partial charge is 0.348 e. The Kier molecular flexibility index (Phi) is 7.41.